The second kappa shape index (κ2) is 10.8. The van der Waals surface area contributed by atoms with Crippen molar-refractivity contribution in [3.05, 3.63) is 52.0 Å². The van der Waals surface area contributed by atoms with Gasteiger partial charge in [0.25, 0.3) is 0 Å². The van der Waals surface area contributed by atoms with Gasteiger partial charge in [0.1, 0.15) is 0 Å². The summed E-state index contributed by atoms with van der Waals surface area (Å²) in [7, 11) is 5.74. The van der Waals surface area contributed by atoms with Crippen LogP contribution in [0.15, 0.2) is 19.2 Å². The summed E-state index contributed by atoms with van der Waals surface area (Å²) < 4.78 is 0. The van der Waals surface area contributed by atoms with Gasteiger partial charge in [-0.1, -0.05) is 13.8 Å². The standard InChI is InChI=1S/C23H36N4O4/c1-7-24(4)12-13-26(6)19-17(21(29)23(19)31)10-9-11-27(8-2)15-14-25(5)18-16(3)20(28)22(18)30/h7-15H2,1-6H3. The Hall–Kier alpha value is -2.32. The van der Waals surface area contributed by atoms with Crippen molar-refractivity contribution < 1.29 is 0 Å². The zero-order chi connectivity index (χ0) is 23.3. The highest BCUT2D eigenvalue weighted by molar-refractivity contribution is 5.58. The fraction of sp³-hybridized carbons (Fsp3) is 0.652. The van der Waals surface area contributed by atoms with Crippen molar-refractivity contribution in [3.8, 4) is 0 Å². The van der Waals surface area contributed by atoms with E-state index in [1.54, 1.807) is 6.92 Å². The van der Waals surface area contributed by atoms with Crippen molar-refractivity contribution in [2.75, 3.05) is 76.8 Å². The lowest BCUT2D eigenvalue weighted by molar-refractivity contribution is 0.291. The topological polar surface area (TPSA) is 81.2 Å². The van der Waals surface area contributed by atoms with E-state index in [1.165, 1.54) is 0 Å². The SMILES string of the molecule is CCN(C)CCN(C)c1c(CCCN(CC)CCN(C)c2c(C)c(=O)c2=O)c(=O)c1=O. The van der Waals surface area contributed by atoms with Crippen LogP contribution in [0, 0.1) is 6.92 Å². The van der Waals surface area contributed by atoms with Crippen molar-refractivity contribution in [2.24, 2.45) is 0 Å². The Morgan fingerprint density at radius 1 is 0.645 bits per heavy atom. The summed E-state index contributed by atoms with van der Waals surface area (Å²) in [6.07, 6.45) is 1.38. The summed E-state index contributed by atoms with van der Waals surface area (Å²) in [6, 6.07) is 0. The highest BCUT2D eigenvalue weighted by atomic mass is 16.2. The molecule has 0 bridgehead atoms. The first kappa shape index (κ1) is 24.9. The minimum Gasteiger partial charge on any atom is -0.370 e. The molecule has 0 saturated heterocycles. The van der Waals surface area contributed by atoms with Gasteiger partial charge in [0.2, 0.25) is 21.7 Å². The number of hydrogen-bond donors (Lipinski definition) is 0. The Morgan fingerprint density at radius 3 is 1.81 bits per heavy atom. The lowest BCUT2D eigenvalue weighted by Crippen LogP contribution is -2.45. The van der Waals surface area contributed by atoms with Crippen molar-refractivity contribution in [3.63, 3.8) is 0 Å². The Morgan fingerprint density at radius 2 is 1.23 bits per heavy atom. The van der Waals surface area contributed by atoms with Crippen molar-refractivity contribution in [1.82, 2.24) is 9.80 Å². The summed E-state index contributed by atoms with van der Waals surface area (Å²) in [5.74, 6) is 0. The van der Waals surface area contributed by atoms with E-state index < -0.39 is 5.43 Å². The van der Waals surface area contributed by atoms with E-state index in [9.17, 15) is 19.2 Å². The molecule has 172 valence electrons. The molecule has 0 aromatic heterocycles. The fourth-order valence-corrected chi connectivity index (χ4v) is 3.92. The van der Waals surface area contributed by atoms with Crippen LogP contribution >= 0.6 is 0 Å². The van der Waals surface area contributed by atoms with E-state index in [1.807, 2.05) is 30.9 Å². The molecule has 0 amide bonds. The lowest BCUT2D eigenvalue weighted by Gasteiger charge is -2.27. The molecule has 2 aromatic rings. The molecule has 0 saturated carbocycles. The van der Waals surface area contributed by atoms with Gasteiger partial charge in [-0.3, -0.25) is 19.2 Å². The van der Waals surface area contributed by atoms with E-state index >= 15 is 0 Å². The predicted molar refractivity (Wildman–Crippen MR) is 128 cm³/mol. The first-order chi connectivity index (χ1) is 14.6. The maximum absolute atomic E-state index is 12.1. The molecule has 0 spiro atoms. The molecule has 0 aliphatic carbocycles. The molecule has 0 aliphatic heterocycles. The first-order valence-electron chi connectivity index (χ1n) is 11.1. The van der Waals surface area contributed by atoms with E-state index in [0.29, 0.717) is 42.0 Å². The Kier molecular flexibility index (Phi) is 8.70. The van der Waals surface area contributed by atoms with Gasteiger partial charge >= 0.3 is 0 Å². The van der Waals surface area contributed by atoms with Crippen LogP contribution < -0.4 is 31.5 Å². The molecule has 2 rings (SSSR count). The van der Waals surface area contributed by atoms with Gasteiger partial charge in [-0.15, -0.1) is 0 Å². The highest BCUT2D eigenvalue weighted by Gasteiger charge is 2.24. The van der Waals surface area contributed by atoms with E-state index in [0.717, 1.165) is 39.1 Å². The Labute approximate surface area is 184 Å². The normalized spacial score (nSPS) is 11.9. The van der Waals surface area contributed by atoms with Gasteiger partial charge in [0.05, 0.1) is 11.4 Å². The minimum atomic E-state index is -0.398. The zero-order valence-corrected chi connectivity index (χ0v) is 19.8. The van der Waals surface area contributed by atoms with Crippen molar-refractivity contribution in [1.29, 1.82) is 0 Å². The predicted octanol–water partition coefficient (Wildman–Crippen LogP) is -0.0342. The summed E-state index contributed by atoms with van der Waals surface area (Å²) in [5, 5.41) is 0. The monoisotopic (exact) mass is 432 g/mol. The second-order valence-electron chi connectivity index (χ2n) is 8.39. The minimum absolute atomic E-state index is 0.343. The van der Waals surface area contributed by atoms with E-state index in [-0.39, 0.29) is 16.3 Å². The third-order valence-corrected chi connectivity index (χ3v) is 6.32. The molecule has 0 fully saturated rings. The van der Waals surface area contributed by atoms with Gasteiger partial charge < -0.3 is 19.6 Å². The van der Waals surface area contributed by atoms with E-state index in [4.69, 9.17) is 0 Å². The smallest absolute Gasteiger partial charge is 0.249 e. The lowest BCUT2D eigenvalue weighted by atomic mass is 10.0. The molecule has 31 heavy (non-hydrogen) atoms. The molecule has 0 aliphatic rings. The van der Waals surface area contributed by atoms with Crippen LogP contribution in [0.4, 0.5) is 11.4 Å². The van der Waals surface area contributed by atoms with Gasteiger partial charge in [0, 0.05) is 51.4 Å². The van der Waals surface area contributed by atoms with Crippen LogP contribution in [-0.4, -0.2) is 76.8 Å². The number of rotatable bonds is 14. The molecule has 0 atom stereocenters. The maximum atomic E-state index is 12.1. The molecule has 8 nitrogen and oxygen atoms in total. The van der Waals surface area contributed by atoms with Gasteiger partial charge in [0.15, 0.2) is 0 Å². The molecular weight excluding hydrogens is 396 g/mol. The molecule has 2 aromatic carbocycles. The summed E-state index contributed by atoms with van der Waals surface area (Å²) in [6.45, 7) is 11.4. The van der Waals surface area contributed by atoms with Gasteiger partial charge in [-0.05, 0) is 46.4 Å². The van der Waals surface area contributed by atoms with Crippen LogP contribution in [0.3, 0.4) is 0 Å². The molecular formula is C23H36N4O4. The van der Waals surface area contributed by atoms with Crippen LogP contribution in [0.25, 0.3) is 0 Å². The van der Waals surface area contributed by atoms with Crippen molar-refractivity contribution >= 4 is 11.4 Å². The molecule has 0 radical (unpaired) electrons. The largest absolute Gasteiger partial charge is 0.370 e. The third kappa shape index (κ3) is 5.49. The number of hydrogen-bond acceptors (Lipinski definition) is 8. The van der Waals surface area contributed by atoms with Crippen LogP contribution in [-0.2, 0) is 6.42 Å². The first-order valence-corrected chi connectivity index (χ1v) is 11.1. The van der Waals surface area contributed by atoms with E-state index in [2.05, 4.69) is 23.6 Å². The average Bonchev–Trinajstić information content (AvgIpc) is 2.77. The summed E-state index contributed by atoms with van der Waals surface area (Å²) >= 11 is 0. The number of nitrogens with zero attached hydrogens (tertiary/aromatic N) is 4. The van der Waals surface area contributed by atoms with Crippen LogP contribution in [0.2, 0.25) is 0 Å². The number of likely N-dealkylation sites (N-methyl/N-ethyl adjacent to an activating group) is 4. The summed E-state index contributed by atoms with van der Waals surface area (Å²) in [5.41, 5.74) is 0.794. The quantitative estimate of drug-likeness (QED) is 0.385. The molecule has 0 N–H and O–H groups in total. The zero-order valence-electron chi connectivity index (χ0n) is 19.8. The Bertz CT molecular complexity index is 1010. The van der Waals surface area contributed by atoms with Crippen LogP contribution in [0.5, 0.6) is 0 Å². The maximum Gasteiger partial charge on any atom is 0.249 e. The summed E-state index contributed by atoms with van der Waals surface area (Å²) in [4.78, 5) is 55.5. The van der Waals surface area contributed by atoms with Gasteiger partial charge in [-0.25, -0.2) is 0 Å². The number of anilines is 2. The fourth-order valence-electron chi connectivity index (χ4n) is 3.92. The molecule has 0 unspecified atom stereocenters. The Balaban J connectivity index is 1.86. The van der Waals surface area contributed by atoms with Gasteiger partial charge in [-0.2, -0.15) is 0 Å². The molecule has 0 heterocycles. The average molecular weight is 433 g/mol. The van der Waals surface area contributed by atoms with Crippen LogP contribution in [0.1, 0.15) is 31.4 Å². The van der Waals surface area contributed by atoms with Crippen molar-refractivity contribution in [2.45, 2.75) is 33.6 Å². The highest BCUT2D eigenvalue weighted by Crippen LogP contribution is 2.15. The molecule has 8 heteroatoms. The second-order valence-corrected chi connectivity index (χ2v) is 8.39. The third-order valence-electron chi connectivity index (χ3n) is 6.32.